The van der Waals surface area contributed by atoms with Gasteiger partial charge in [-0.1, -0.05) is 0 Å². The van der Waals surface area contributed by atoms with Gasteiger partial charge in [0.1, 0.15) is 4.60 Å². The molecule has 0 saturated carbocycles. The van der Waals surface area contributed by atoms with E-state index in [1.54, 1.807) is 0 Å². The van der Waals surface area contributed by atoms with Gasteiger partial charge in [0, 0.05) is 6.92 Å². The molecule has 0 aliphatic rings. The van der Waals surface area contributed by atoms with Gasteiger partial charge in [0.05, 0.1) is 6.20 Å². The molecule has 1 aromatic rings. The van der Waals surface area contributed by atoms with Crippen molar-refractivity contribution in [2.24, 2.45) is 0 Å². The summed E-state index contributed by atoms with van der Waals surface area (Å²) in [6, 6.07) is 0. The number of rotatable bonds is 1. The molecule has 3 N–H and O–H groups in total. The molecule has 0 bridgehead atoms. The van der Waals surface area contributed by atoms with Gasteiger partial charge in [0.25, 0.3) is 0 Å². The van der Waals surface area contributed by atoms with E-state index >= 15 is 0 Å². The molecule has 5 nitrogen and oxygen atoms in total. The van der Waals surface area contributed by atoms with Gasteiger partial charge in [0.2, 0.25) is 5.91 Å². The zero-order chi connectivity index (χ0) is 9.14. The average Bonchev–Trinajstić information content (AvgIpc) is 1.96. The Labute approximate surface area is 77.5 Å². The van der Waals surface area contributed by atoms with E-state index in [1.165, 1.54) is 13.1 Å². The molecule has 1 heterocycles. The zero-order valence-electron chi connectivity index (χ0n) is 6.34. The Bertz CT molecular complexity index is 314. The fraction of sp³-hybridized carbons (Fsp3) is 0.167. The van der Waals surface area contributed by atoms with Crippen LogP contribution in [0, 0.1) is 0 Å². The lowest BCUT2D eigenvalue weighted by atomic mass is 10.6. The second-order valence-electron chi connectivity index (χ2n) is 2.11. The van der Waals surface area contributed by atoms with Gasteiger partial charge in [-0.05, 0) is 15.9 Å². The maximum atomic E-state index is 10.6. The molecule has 12 heavy (non-hydrogen) atoms. The second-order valence-corrected chi connectivity index (χ2v) is 2.86. The van der Waals surface area contributed by atoms with Gasteiger partial charge in [-0.2, -0.15) is 0 Å². The number of amides is 1. The summed E-state index contributed by atoms with van der Waals surface area (Å²) in [7, 11) is 0. The van der Waals surface area contributed by atoms with Gasteiger partial charge in [-0.25, -0.2) is 9.97 Å². The summed E-state index contributed by atoms with van der Waals surface area (Å²) in [6.45, 7) is 1.39. The van der Waals surface area contributed by atoms with Crippen LogP contribution in [0.2, 0.25) is 0 Å². The molecule has 6 heteroatoms. The molecule has 0 aromatic carbocycles. The molecule has 1 amide bonds. The van der Waals surface area contributed by atoms with Crippen LogP contribution in [0.1, 0.15) is 6.92 Å². The van der Waals surface area contributed by atoms with E-state index in [4.69, 9.17) is 5.73 Å². The first kappa shape index (κ1) is 8.92. The molecule has 1 aromatic heterocycles. The number of nitrogens with zero attached hydrogens (tertiary/aromatic N) is 2. The third kappa shape index (κ3) is 2.16. The van der Waals surface area contributed by atoms with Crippen molar-refractivity contribution < 1.29 is 4.79 Å². The summed E-state index contributed by atoms with van der Waals surface area (Å²) in [5.74, 6) is 0.399. The normalized spacial score (nSPS) is 9.50. The summed E-state index contributed by atoms with van der Waals surface area (Å²) in [6.07, 6.45) is 1.42. The van der Waals surface area contributed by atoms with Crippen LogP contribution >= 0.6 is 15.9 Å². The summed E-state index contributed by atoms with van der Waals surface area (Å²) in [4.78, 5) is 18.3. The highest BCUT2D eigenvalue weighted by atomic mass is 79.9. The predicted molar refractivity (Wildman–Crippen MR) is 48.4 cm³/mol. The van der Waals surface area contributed by atoms with Crippen LogP contribution in [0.4, 0.5) is 11.6 Å². The molecule has 0 atom stereocenters. The molecule has 64 valence electrons. The smallest absolute Gasteiger partial charge is 0.222 e. The van der Waals surface area contributed by atoms with Crippen molar-refractivity contribution >= 4 is 33.5 Å². The number of carbonyl (C=O) groups excluding carboxylic acids is 1. The number of anilines is 2. The lowest BCUT2D eigenvalue weighted by Crippen LogP contribution is -2.09. The fourth-order valence-corrected chi connectivity index (χ4v) is 0.820. The quantitative estimate of drug-likeness (QED) is 0.748. The predicted octanol–water partition coefficient (Wildman–Crippen LogP) is 0.780. The van der Waals surface area contributed by atoms with E-state index in [0.29, 0.717) is 10.4 Å². The minimum Gasteiger partial charge on any atom is -0.381 e. The van der Waals surface area contributed by atoms with E-state index < -0.39 is 0 Å². The summed E-state index contributed by atoms with van der Waals surface area (Å²) in [5, 5.41) is 2.46. The summed E-state index contributed by atoms with van der Waals surface area (Å²) in [5.41, 5.74) is 5.42. The van der Waals surface area contributed by atoms with Crippen LogP contribution in [0.5, 0.6) is 0 Å². The summed E-state index contributed by atoms with van der Waals surface area (Å²) >= 11 is 3.08. The first-order valence-corrected chi connectivity index (χ1v) is 3.94. The van der Waals surface area contributed by atoms with Crippen molar-refractivity contribution in [2.45, 2.75) is 6.92 Å². The SMILES string of the molecule is CC(=O)Nc1cnc(Br)c(N)n1. The van der Waals surface area contributed by atoms with Crippen molar-refractivity contribution in [3.05, 3.63) is 10.8 Å². The Hall–Kier alpha value is -1.17. The molecule has 1 rings (SSSR count). The van der Waals surface area contributed by atoms with Crippen molar-refractivity contribution in [2.75, 3.05) is 11.1 Å². The third-order valence-electron chi connectivity index (χ3n) is 1.06. The fourth-order valence-electron chi connectivity index (χ4n) is 0.629. The second kappa shape index (κ2) is 3.48. The van der Waals surface area contributed by atoms with Crippen molar-refractivity contribution in [3.8, 4) is 0 Å². The maximum Gasteiger partial charge on any atom is 0.222 e. The van der Waals surface area contributed by atoms with E-state index in [9.17, 15) is 4.79 Å². The molecule has 0 fully saturated rings. The number of nitrogens with two attached hydrogens (primary N) is 1. The van der Waals surface area contributed by atoms with Crippen LogP contribution in [-0.4, -0.2) is 15.9 Å². The first-order chi connectivity index (χ1) is 5.59. The molecular weight excluding hydrogens is 224 g/mol. The lowest BCUT2D eigenvalue weighted by molar-refractivity contribution is -0.114. The lowest BCUT2D eigenvalue weighted by Gasteiger charge is -2.01. The number of hydrogen-bond donors (Lipinski definition) is 2. The van der Waals surface area contributed by atoms with Crippen LogP contribution < -0.4 is 11.1 Å². The Morgan fingerprint density at radius 1 is 1.75 bits per heavy atom. The average molecular weight is 231 g/mol. The van der Waals surface area contributed by atoms with Crippen molar-refractivity contribution in [1.82, 2.24) is 9.97 Å². The number of nitrogen functional groups attached to an aromatic ring is 1. The third-order valence-corrected chi connectivity index (χ3v) is 1.67. The van der Waals surface area contributed by atoms with E-state index in [1.807, 2.05) is 0 Å². The molecule has 0 radical (unpaired) electrons. The topological polar surface area (TPSA) is 80.9 Å². The van der Waals surface area contributed by atoms with Gasteiger partial charge in [-0.15, -0.1) is 0 Å². The molecule has 0 aliphatic heterocycles. The standard InChI is InChI=1S/C6H7BrN4O/c1-3(12)10-4-2-9-5(7)6(8)11-4/h2H,1H3,(H3,8,10,11,12). The van der Waals surface area contributed by atoms with Crippen LogP contribution in [0.15, 0.2) is 10.8 Å². The van der Waals surface area contributed by atoms with Gasteiger partial charge >= 0.3 is 0 Å². The number of aromatic nitrogens is 2. The largest absolute Gasteiger partial charge is 0.381 e. The molecule has 0 spiro atoms. The Morgan fingerprint density at radius 3 is 2.92 bits per heavy atom. The van der Waals surface area contributed by atoms with Crippen molar-refractivity contribution in [1.29, 1.82) is 0 Å². The Kier molecular flexibility index (Phi) is 2.59. The molecular formula is C6H7BrN4O. The molecule has 0 unspecified atom stereocenters. The summed E-state index contributed by atoms with van der Waals surface area (Å²) < 4.78 is 0.469. The molecule has 0 aliphatic carbocycles. The Morgan fingerprint density at radius 2 is 2.42 bits per heavy atom. The number of hydrogen-bond acceptors (Lipinski definition) is 4. The van der Waals surface area contributed by atoms with E-state index in [-0.39, 0.29) is 11.7 Å². The molecule has 0 saturated heterocycles. The minimum absolute atomic E-state index is 0.203. The number of halogens is 1. The van der Waals surface area contributed by atoms with E-state index in [0.717, 1.165) is 0 Å². The first-order valence-electron chi connectivity index (χ1n) is 3.15. The highest BCUT2D eigenvalue weighted by Gasteiger charge is 2.01. The highest BCUT2D eigenvalue weighted by Crippen LogP contribution is 2.14. The highest BCUT2D eigenvalue weighted by molar-refractivity contribution is 9.10. The van der Waals surface area contributed by atoms with Crippen LogP contribution in [-0.2, 0) is 4.79 Å². The Balaban J connectivity index is 2.89. The minimum atomic E-state index is -0.203. The zero-order valence-corrected chi connectivity index (χ0v) is 7.92. The van der Waals surface area contributed by atoms with Gasteiger partial charge < -0.3 is 11.1 Å². The van der Waals surface area contributed by atoms with Gasteiger partial charge in [-0.3, -0.25) is 4.79 Å². The van der Waals surface area contributed by atoms with Crippen LogP contribution in [0.25, 0.3) is 0 Å². The van der Waals surface area contributed by atoms with Crippen molar-refractivity contribution in [3.63, 3.8) is 0 Å². The number of carbonyl (C=O) groups is 1. The van der Waals surface area contributed by atoms with Gasteiger partial charge in [0.15, 0.2) is 11.6 Å². The van der Waals surface area contributed by atoms with E-state index in [2.05, 4.69) is 31.2 Å². The maximum absolute atomic E-state index is 10.6. The number of nitrogens with one attached hydrogen (secondary N) is 1. The van der Waals surface area contributed by atoms with Crippen LogP contribution in [0.3, 0.4) is 0 Å². The monoisotopic (exact) mass is 230 g/mol.